The SMILES string of the molecule is Cc1ccc(-c2ccccc2C(F)(F)Br)cc1. The lowest BCUT2D eigenvalue weighted by molar-refractivity contribution is 0.115. The van der Waals surface area contributed by atoms with Gasteiger partial charge in [-0.2, -0.15) is 8.78 Å². The van der Waals surface area contributed by atoms with E-state index in [9.17, 15) is 8.78 Å². The maximum atomic E-state index is 13.4. The average molecular weight is 297 g/mol. The number of halogens is 3. The first-order valence-electron chi connectivity index (χ1n) is 5.22. The summed E-state index contributed by atoms with van der Waals surface area (Å²) in [6.07, 6.45) is 0. The van der Waals surface area contributed by atoms with Crippen molar-refractivity contribution in [2.75, 3.05) is 0 Å². The molecule has 0 amide bonds. The lowest BCUT2D eigenvalue weighted by Crippen LogP contribution is -2.04. The highest BCUT2D eigenvalue weighted by Gasteiger charge is 2.29. The molecule has 0 fully saturated rings. The van der Waals surface area contributed by atoms with Crippen LogP contribution >= 0.6 is 15.9 Å². The van der Waals surface area contributed by atoms with Gasteiger partial charge in [-0.1, -0.05) is 54.1 Å². The van der Waals surface area contributed by atoms with Crippen LogP contribution in [0.25, 0.3) is 11.1 Å². The molecule has 0 heterocycles. The van der Waals surface area contributed by atoms with Crippen molar-refractivity contribution in [3.63, 3.8) is 0 Å². The summed E-state index contributed by atoms with van der Waals surface area (Å²) in [4.78, 5) is -3.01. The third kappa shape index (κ3) is 2.72. The predicted octanol–water partition coefficient (Wildman–Crippen LogP) is 5.11. The van der Waals surface area contributed by atoms with Gasteiger partial charge in [0, 0.05) is 5.56 Å². The maximum absolute atomic E-state index is 13.4. The molecule has 2 aromatic carbocycles. The van der Waals surface area contributed by atoms with E-state index in [1.54, 1.807) is 18.2 Å². The second-order valence-electron chi connectivity index (χ2n) is 3.91. The number of hydrogen-bond donors (Lipinski definition) is 0. The monoisotopic (exact) mass is 296 g/mol. The van der Waals surface area contributed by atoms with Crippen molar-refractivity contribution in [2.24, 2.45) is 0 Å². The molecule has 0 bridgehead atoms. The van der Waals surface area contributed by atoms with E-state index in [2.05, 4.69) is 15.9 Å². The van der Waals surface area contributed by atoms with E-state index in [0.717, 1.165) is 11.1 Å². The van der Waals surface area contributed by atoms with E-state index >= 15 is 0 Å². The van der Waals surface area contributed by atoms with Crippen molar-refractivity contribution in [3.05, 3.63) is 59.7 Å². The summed E-state index contributed by atoms with van der Waals surface area (Å²) < 4.78 is 26.8. The second kappa shape index (κ2) is 4.57. The minimum Gasteiger partial charge on any atom is -0.188 e. The molecule has 17 heavy (non-hydrogen) atoms. The van der Waals surface area contributed by atoms with Crippen LogP contribution in [0.5, 0.6) is 0 Å². The molecule has 2 aromatic rings. The Hall–Kier alpha value is -1.22. The van der Waals surface area contributed by atoms with Crippen LogP contribution in [-0.2, 0) is 4.83 Å². The smallest absolute Gasteiger partial charge is 0.188 e. The molecule has 0 unspecified atom stereocenters. The Labute approximate surface area is 107 Å². The predicted molar refractivity (Wildman–Crippen MR) is 69.4 cm³/mol. The second-order valence-corrected chi connectivity index (χ2v) is 4.91. The Kier molecular flexibility index (Phi) is 3.29. The third-order valence-corrected chi connectivity index (χ3v) is 3.02. The van der Waals surface area contributed by atoms with Gasteiger partial charge >= 0.3 is 4.83 Å². The van der Waals surface area contributed by atoms with Gasteiger partial charge in [-0.15, -0.1) is 0 Å². The Bertz CT molecular complexity index is 512. The van der Waals surface area contributed by atoms with Crippen molar-refractivity contribution in [1.82, 2.24) is 0 Å². The lowest BCUT2D eigenvalue weighted by Gasteiger charge is -2.14. The van der Waals surface area contributed by atoms with E-state index in [0.29, 0.717) is 5.56 Å². The van der Waals surface area contributed by atoms with Crippen LogP contribution < -0.4 is 0 Å². The zero-order valence-corrected chi connectivity index (χ0v) is 10.8. The van der Waals surface area contributed by atoms with Crippen LogP contribution in [0.2, 0.25) is 0 Å². The minimum atomic E-state index is -3.01. The van der Waals surface area contributed by atoms with Crippen LogP contribution in [0.1, 0.15) is 11.1 Å². The Morgan fingerprint density at radius 1 is 0.941 bits per heavy atom. The molecule has 0 saturated carbocycles. The Morgan fingerprint density at radius 3 is 2.12 bits per heavy atom. The van der Waals surface area contributed by atoms with Gasteiger partial charge in [0.15, 0.2) is 0 Å². The van der Waals surface area contributed by atoms with Crippen LogP contribution in [0.3, 0.4) is 0 Å². The maximum Gasteiger partial charge on any atom is 0.327 e. The summed E-state index contributed by atoms with van der Waals surface area (Å²) in [6.45, 7) is 1.97. The molecule has 0 aliphatic carbocycles. The molecular weight excluding hydrogens is 286 g/mol. The van der Waals surface area contributed by atoms with Crippen molar-refractivity contribution in [2.45, 2.75) is 11.8 Å². The largest absolute Gasteiger partial charge is 0.327 e. The zero-order chi connectivity index (χ0) is 12.5. The van der Waals surface area contributed by atoms with E-state index in [1.807, 2.05) is 31.2 Å². The fourth-order valence-electron chi connectivity index (χ4n) is 1.72. The minimum absolute atomic E-state index is 0.0103. The number of alkyl halides is 3. The first-order valence-corrected chi connectivity index (χ1v) is 6.01. The summed E-state index contributed by atoms with van der Waals surface area (Å²) in [5.74, 6) is 0. The molecule has 2 rings (SSSR count). The molecular formula is C14H11BrF2. The molecule has 0 nitrogen and oxygen atoms in total. The number of aryl methyl sites for hydroxylation is 1. The molecule has 0 N–H and O–H groups in total. The number of rotatable bonds is 2. The highest BCUT2D eigenvalue weighted by Crippen LogP contribution is 2.40. The van der Waals surface area contributed by atoms with Gasteiger partial charge in [-0.3, -0.25) is 0 Å². The molecule has 0 atom stereocenters. The average Bonchev–Trinajstić information content (AvgIpc) is 2.29. The Balaban J connectivity index is 2.56. The molecule has 0 radical (unpaired) electrons. The first-order chi connectivity index (χ1) is 7.98. The molecule has 0 aliphatic heterocycles. The summed E-state index contributed by atoms with van der Waals surface area (Å²) in [5.41, 5.74) is 2.44. The molecule has 88 valence electrons. The fraction of sp³-hybridized carbons (Fsp3) is 0.143. The molecule has 0 saturated heterocycles. The van der Waals surface area contributed by atoms with E-state index in [-0.39, 0.29) is 5.56 Å². The standard InChI is InChI=1S/C14H11BrF2/c1-10-6-8-11(9-7-10)12-4-2-3-5-13(12)14(15,16)17/h2-9H,1H3. The van der Waals surface area contributed by atoms with Crippen LogP contribution in [0.4, 0.5) is 8.78 Å². The molecule has 3 heteroatoms. The summed E-state index contributed by atoms with van der Waals surface area (Å²) in [6, 6.07) is 14.1. The van der Waals surface area contributed by atoms with Crippen molar-refractivity contribution in [3.8, 4) is 11.1 Å². The van der Waals surface area contributed by atoms with Gasteiger partial charge in [0.1, 0.15) is 0 Å². The summed E-state index contributed by atoms with van der Waals surface area (Å²) in [5, 5.41) is 0. The van der Waals surface area contributed by atoms with Crippen molar-refractivity contribution in [1.29, 1.82) is 0 Å². The molecule has 0 aromatic heterocycles. The van der Waals surface area contributed by atoms with Crippen LogP contribution in [0.15, 0.2) is 48.5 Å². The van der Waals surface area contributed by atoms with E-state index < -0.39 is 4.83 Å². The van der Waals surface area contributed by atoms with Gasteiger partial charge in [0.25, 0.3) is 0 Å². The third-order valence-electron chi connectivity index (χ3n) is 2.60. The number of benzene rings is 2. The van der Waals surface area contributed by atoms with E-state index in [4.69, 9.17) is 0 Å². The quantitative estimate of drug-likeness (QED) is 0.676. The Morgan fingerprint density at radius 2 is 1.53 bits per heavy atom. The molecule has 0 spiro atoms. The zero-order valence-electron chi connectivity index (χ0n) is 9.25. The van der Waals surface area contributed by atoms with Gasteiger partial charge in [-0.05, 0) is 34.0 Å². The number of hydrogen-bond acceptors (Lipinski definition) is 0. The highest BCUT2D eigenvalue weighted by molar-refractivity contribution is 9.09. The van der Waals surface area contributed by atoms with Crippen molar-refractivity contribution >= 4 is 15.9 Å². The summed E-state index contributed by atoms with van der Waals surface area (Å²) >= 11 is 2.42. The first kappa shape index (κ1) is 12.2. The molecule has 0 aliphatic rings. The normalized spacial score (nSPS) is 11.5. The van der Waals surface area contributed by atoms with Gasteiger partial charge in [0.2, 0.25) is 0 Å². The van der Waals surface area contributed by atoms with Gasteiger partial charge in [-0.25, -0.2) is 0 Å². The van der Waals surface area contributed by atoms with Crippen molar-refractivity contribution < 1.29 is 8.78 Å². The van der Waals surface area contributed by atoms with E-state index in [1.165, 1.54) is 6.07 Å². The van der Waals surface area contributed by atoms with Crippen LogP contribution in [-0.4, -0.2) is 0 Å². The highest BCUT2D eigenvalue weighted by atomic mass is 79.9. The topological polar surface area (TPSA) is 0 Å². The fourth-order valence-corrected chi connectivity index (χ4v) is 2.06. The summed E-state index contributed by atoms with van der Waals surface area (Å²) in [7, 11) is 0. The van der Waals surface area contributed by atoms with Gasteiger partial charge < -0.3 is 0 Å². The van der Waals surface area contributed by atoms with Crippen LogP contribution in [0, 0.1) is 6.92 Å². The van der Waals surface area contributed by atoms with Gasteiger partial charge in [0.05, 0.1) is 0 Å². The lowest BCUT2D eigenvalue weighted by atomic mass is 9.99.